The van der Waals surface area contributed by atoms with E-state index in [2.05, 4.69) is 54.7 Å². The first-order valence-corrected chi connectivity index (χ1v) is 11.5. The summed E-state index contributed by atoms with van der Waals surface area (Å²) in [5.74, 6) is 1.66. The molecule has 2 aliphatic rings. The van der Waals surface area contributed by atoms with Crippen molar-refractivity contribution in [2.75, 3.05) is 68.7 Å². The van der Waals surface area contributed by atoms with Crippen LogP contribution in [-0.4, -0.2) is 79.6 Å². The second kappa shape index (κ2) is 11.9. The lowest BCUT2D eigenvalue weighted by atomic mass is 10.2. The zero-order chi connectivity index (χ0) is 21.6. The van der Waals surface area contributed by atoms with Gasteiger partial charge >= 0.3 is 0 Å². The molecule has 0 saturated carbocycles. The molecule has 1 aromatic carbocycles. The van der Waals surface area contributed by atoms with E-state index in [-0.39, 0.29) is 24.0 Å². The number of guanidine groups is 1. The number of aromatic nitrogens is 1. The first-order valence-electron chi connectivity index (χ1n) is 11.1. The standard InChI is InChI=1S/C23H32ClN7.HI/c1-2-28-9-11-30(12-10-28)22-17-19(7-8-26-22)18-27-23(25)31-15-13-29(14-16-31)21-5-3-20(24)4-6-21;/h3-8,17H,2,9-16,18H2,1H3,(H2,25,27);1H. The zero-order valence-corrected chi connectivity index (χ0v) is 21.7. The van der Waals surface area contributed by atoms with Crippen LogP contribution in [0.2, 0.25) is 5.02 Å². The molecule has 2 aromatic rings. The number of benzene rings is 1. The number of aliphatic imine (C=N–C) groups is 1. The van der Waals surface area contributed by atoms with Gasteiger partial charge in [0.2, 0.25) is 0 Å². The lowest BCUT2D eigenvalue weighted by Crippen LogP contribution is -2.51. The van der Waals surface area contributed by atoms with Gasteiger partial charge in [-0.3, -0.25) is 0 Å². The summed E-state index contributed by atoms with van der Waals surface area (Å²) in [4.78, 5) is 18.6. The molecule has 0 amide bonds. The molecule has 32 heavy (non-hydrogen) atoms. The molecule has 174 valence electrons. The minimum absolute atomic E-state index is 0. The van der Waals surface area contributed by atoms with Crippen LogP contribution in [0.4, 0.5) is 11.5 Å². The molecule has 0 spiro atoms. The fourth-order valence-corrected chi connectivity index (χ4v) is 4.27. The number of nitrogens with two attached hydrogens (primary N) is 1. The lowest BCUT2D eigenvalue weighted by molar-refractivity contribution is 0.270. The van der Waals surface area contributed by atoms with Crippen molar-refractivity contribution < 1.29 is 0 Å². The minimum atomic E-state index is 0. The highest BCUT2D eigenvalue weighted by molar-refractivity contribution is 14.0. The van der Waals surface area contributed by atoms with Crippen molar-refractivity contribution in [1.29, 1.82) is 0 Å². The Hall–Kier alpha value is -1.78. The Labute approximate surface area is 213 Å². The normalized spacial score (nSPS) is 17.9. The van der Waals surface area contributed by atoms with E-state index in [1.165, 1.54) is 5.69 Å². The molecular formula is C23H33ClIN7. The summed E-state index contributed by atoms with van der Waals surface area (Å²) < 4.78 is 0. The van der Waals surface area contributed by atoms with Gasteiger partial charge in [-0.25, -0.2) is 9.98 Å². The van der Waals surface area contributed by atoms with Gasteiger partial charge in [0.05, 0.1) is 6.54 Å². The lowest BCUT2D eigenvalue weighted by Gasteiger charge is -2.36. The SMILES string of the molecule is CCN1CCN(c2cc(CN=C(N)N3CCN(c4ccc(Cl)cc4)CC3)ccn2)CC1.I. The summed E-state index contributed by atoms with van der Waals surface area (Å²) in [7, 11) is 0. The number of rotatable bonds is 5. The maximum Gasteiger partial charge on any atom is 0.191 e. The van der Waals surface area contributed by atoms with Gasteiger partial charge in [0.15, 0.2) is 5.96 Å². The molecule has 7 nitrogen and oxygen atoms in total. The number of anilines is 2. The van der Waals surface area contributed by atoms with Crippen molar-refractivity contribution in [3.63, 3.8) is 0 Å². The third-order valence-corrected chi connectivity index (χ3v) is 6.42. The van der Waals surface area contributed by atoms with E-state index in [4.69, 9.17) is 17.3 Å². The Bertz CT molecular complexity index is 876. The highest BCUT2D eigenvalue weighted by atomic mass is 127. The molecule has 0 bridgehead atoms. The van der Waals surface area contributed by atoms with Gasteiger partial charge in [-0.1, -0.05) is 18.5 Å². The number of likely N-dealkylation sites (N-methyl/N-ethyl adjacent to an activating group) is 1. The van der Waals surface area contributed by atoms with Crippen LogP contribution < -0.4 is 15.5 Å². The second-order valence-electron chi connectivity index (χ2n) is 8.07. The Morgan fingerprint density at radius 3 is 2.28 bits per heavy atom. The van der Waals surface area contributed by atoms with Gasteiger partial charge in [-0.2, -0.15) is 0 Å². The highest BCUT2D eigenvalue weighted by Gasteiger charge is 2.19. The van der Waals surface area contributed by atoms with E-state index in [0.717, 1.165) is 75.3 Å². The molecule has 0 unspecified atom stereocenters. The van der Waals surface area contributed by atoms with Crippen LogP contribution in [0.5, 0.6) is 0 Å². The predicted octanol–water partition coefficient (Wildman–Crippen LogP) is 3.13. The van der Waals surface area contributed by atoms with Crippen LogP contribution in [0.1, 0.15) is 12.5 Å². The number of halogens is 2. The van der Waals surface area contributed by atoms with Crippen LogP contribution in [0.15, 0.2) is 47.6 Å². The number of pyridine rings is 1. The first kappa shape index (κ1) is 24.9. The monoisotopic (exact) mass is 569 g/mol. The van der Waals surface area contributed by atoms with Crippen molar-refractivity contribution in [2.45, 2.75) is 13.5 Å². The van der Waals surface area contributed by atoms with Crippen LogP contribution >= 0.6 is 35.6 Å². The van der Waals surface area contributed by atoms with Gasteiger partial charge in [0, 0.05) is 69.3 Å². The summed E-state index contributed by atoms with van der Waals surface area (Å²) in [5, 5.41) is 0.765. The maximum atomic E-state index is 6.32. The van der Waals surface area contributed by atoms with Crippen LogP contribution in [0.3, 0.4) is 0 Å². The number of nitrogens with zero attached hydrogens (tertiary/aromatic N) is 6. The molecule has 9 heteroatoms. The summed E-state index contributed by atoms with van der Waals surface area (Å²) >= 11 is 6.00. The average molecular weight is 570 g/mol. The molecule has 4 rings (SSSR count). The molecule has 3 heterocycles. The fraction of sp³-hybridized carbons (Fsp3) is 0.478. The predicted molar refractivity (Wildman–Crippen MR) is 145 cm³/mol. The number of hydrogen-bond acceptors (Lipinski definition) is 5. The van der Waals surface area contributed by atoms with Crippen molar-refractivity contribution in [2.24, 2.45) is 10.7 Å². The van der Waals surface area contributed by atoms with E-state index < -0.39 is 0 Å². The van der Waals surface area contributed by atoms with Gasteiger partial charge in [0.25, 0.3) is 0 Å². The molecule has 1 aromatic heterocycles. The summed E-state index contributed by atoms with van der Waals surface area (Å²) in [5.41, 5.74) is 8.66. The Kier molecular flexibility index (Phi) is 9.24. The molecular weight excluding hydrogens is 537 g/mol. The zero-order valence-electron chi connectivity index (χ0n) is 18.7. The number of piperazine rings is 2. The van der Waals surface area contributed by atoms with E-state index >= 15 is 0 Å². The van der Waals surface area contributed by atoms with Gasteiger partial charge in [-0.15, -0.1) is 24.0 Å². The van der Waals surface area contributed by atoms with E-state index in [1.807, 2.05) is 24.4 Å². The van der Waals surface area contributed by atoms with Crippen molar-refractivity contribution in [3.05, 3.63) is 53.2 Å². The van der Waals surface area contributed by atoms with Crippen molar-refractivity contribution in [1.82, 2.24) is 14.8 Å². The summed E-state index contributed by atoms with van der Waals surface area (Å²) in [6.45, 7) is 11.7. The summed E-state index contributed by atoms with van der Waals surface area (Å²) in [6.07, 6.45) is 1.88. The smallest absolute Gasteiger partial charge is 0.191 e. The summed E-state index contributed by atoms with van der Waals surface area (Å²) in [6, 6.07) is 12.2. The second-order valence-corrected chi connectivity index (χ2v) is 8.50. The highest BCUT2D eigenvalue weighted by Crippen LogP contribution is 2.20. The van der Waals surface area contributed by atoms with Gasteiger partial charge in [0.1, 0.15) is 5.82 Å². The molecule has 2 saturated heterocycles. The quantitative estimate of drug-likeness (QED) is 0.339. The molecule has 2 aliphatic heterocycles. The van der Waals surface area contributed by atoms with Gasteiger partial charge in [-0.05, 0) is 48.5 Å². The molecule has 2 N–H and O–H groups in total. The van der Waals surface area contributed by atoms with Crippen LogP contribution in [0.25, 0.3) is 0 Å². The van der Waals surface area contributed by atoms with Gasteiger partial charge < -0.3 is 25.3 Å². The third-order valence-electron chi connectivity index (χ3n) is 6.17. The Morgan fingerprint density at radius 1 is 0.969 bits per heavy atom. The Balaban J connectivity index is 0.00000289. The van der Waals surface area contributed by atoms with Crippen molar-refractivity contribution in [3.8, 4) is 0 Å². The molecule has 2 fully saturated rings. The maximum absolute atomic E-state index is 6.32. The first-order chi connectivity index (χ1) is 15.1. The third kappa shape index (κ3) is 6.39. The minimum Gasteiger partial charge on any atom is -0.370 e. The van der Waals surface area contributed by atoms with Crippen LogP contribution in [0, 0.1) is 0 Å². The molecule has 0 aliphatic carbocycles. The average Bonchev–Trinajstić information content (AvgIpc) is 2.83. The van der Waals surface area contributed by atoms with E-state index in [9.17, 15) is 0 Å². The fourth-order valence-electron chi connectivity index (χ4n) is 4.14. The largest absolute Gasteiger partial charge is 0.370 e. The van der Waals surface area contributed by atoms with E-state index in [1.54, 1.807) is 0 Å². The van der Waals surface area contributed by atoms with Crippen molar-refractivity contribution >= 4 is 53.0 Å². The van der Waals surface area contributed by atoms with E-state index in [0.29, 0.717) is 12.5 Å². The molecule has 0 radical (unpaired) electrons. The molecule has 0 atom stereocenters. The topological polar surface area (TPSA) is 64.2 Å². The Morgan fingerprint density at radius 2 is 1.62 bits per heavy atom. The number of hydrogen-bond donors (Lipinski definition) is 1. The van der Waals surface area contributed by atoms with Crippen LogP contribution in [-0.2, 0) is 6.54 Å².